The Hall–Kier alpha value is -3.00. The number of hydrogen-bond donors (Lipinski definition) is 3. The van der Waals surface area contributed by atoms with Crippen molar-refractivity contribution in [2.45, 2.75) is 20.3 Å². The van der Waals surface area contributed by atoms with Crippen LogP contribution in [0.5, 0.6) is 5.75 Å². The third kappa shape index (κ3) is 5.26. The molecule has 0 atom stereocenters. The topological polar surface area (TPSA) is 105 Å². The quantitative estimate of drug-likeness (QED) is 0.207. The lowest BCUT2D eigenvalue weighted by atomic mass is 9.87. The first-order valence-corrected chi connectivity index (χ1v) is 9.29. The van der Waals surface area contributed by atoms with Crippen molar-refractivity contribution >= 4 is 29.0 Å². The van der Waals surface area contributed by atoms with Gasteiger partial charge in [0.2, 0.25) is 5.91 Å². The number of ether oxygens (including phenoxy) is 1. The fourth-order valence-corrected chi connectivity index (χ4v) is 3.52. The number of benzene rings is 1. The Balaban J connectivity index is 2.07. The van der Waals surface area contributed by atoms with E-state index in [-0.39, 0.29) is 23.1 Å². The fourth-order valence-electron chi connectivity index (χ4n) is 2.40. The molecule has 0 radical (unpaired) electrons. The van der Waals surface area contributed by atoms with Crippen LogP contribution in [-0.4, -0.2) is 24.3 Å². The number of amides is 1. The first kappa shape index (κ1) is 21.3. The highest BCUT2D eigenvalue weighted by molar-refractivity contribution is 7.13. The lowest BCUT2D eigenvalue weighted by Crippen LogP contribution is -2.38. The number of amidine groups is 1. The summed E-state index contributed by atoms with van der Waals surface area (Å²) in [7, 11) is 0. The zero-order valence-corrected chi connectivity index (χ0v) is 16.5. The van der Waals surface area contributed by atoms with Crippen LogP contribution in [0.2, 0.25) is 0 Å². The van der Waals surface area contributed by atoms with E-state index in [0.717, 1.165) is 10.9 Å². The van der Waals surface area contributed by atoms with Crippen molar-refractivity contribution in [3.8, 4) is 5.75 Å². The first-order valence-electron chi connectivity index (χ1n) is 8.48. The molecule has 0 spiro atoms. The molecule has 1 amide bonds. The Morgan fingerprint density at radius 2 is 2.07 bits per heavy atom. The van der Waals surface area contributed by atoms with Gasteiger partial charge >= 0.3 is 5.97 Å². The average molecular weight is 403 g/mol. The molecule has 0 bridgehead atoms. The number of carbonyl (C=O) groups is 2. The van der Waals surface area contributed by atoms with E-state index in [9.17, 15) is 14.0 Å². The molecule has 0 saturated carbocycles. The molecule has 2 aromatic rings. The number of carbonyl (C=O) groups excluding carboxylic acids is 2. The van der Waals surface area contributed by atoms with E-state index in [1.165, 1.54) is 23.5 Å². The summed E-state index contributed by atoms with van der Waals surface area (Å²) in [5.41, 5.74) is 4.84. The molecular weight excluding hydrogens is 381 g/mol. The summed E-state index contributed by atoms with van der Waals surface area (Å²) in [4.78, 5) is 25.6. The summed E-state index contributed by atoms with van der Waals surface area (Å²) in [5, 5.41) is 10.1. The minimum absolute atomic E-state index is 0.113. The molecule has 8 heteroatoms. The van der Waals surface area contributed by atoms with Crippen LogP contribution in [0.1, 0.15) is 34.0 Å². The highest BCUT2D eigenvalue weighted by Crippen LogP contribution is 2.28. The number of esters is 1. The molecule has 0 unspecified atom stereocenters. The van der Waals surface area contributed by atoms with Gasteiger partial charge in [0.05, 0.1) is 0 Å². The van der Waals surface area contributed by atoms with Crippen LogP contribution in [0, 0.1) is 16.6 Å². The molecular formula is C20H22FN3O3S. The van der Waals surface area contributed by atoms with E-state index in [1.54, 1.807) is 18.2 Å². The Morgan fingerprint density at radius 3 is 2.68 bits per heavy atom. The van der Waals surface area contributed by atoms with Crippen molar-refractivity contribution in [3.63, 3.8) is 0 Å². The van der Waals surface area contributed by atoms with E-state index in [4.69, 9.17) is 15.9 Å². The van der Waals surface area contributed by atoms with Gasteiger partial charge in [0.15, 0.2) is 11.6 Å². The summed E-state index contributed by atoms with van der Waals surface area (Å²) in [6.45, 7) is 7.58. The van der Waals surface area contributed by atoms with E-state index in [0.29, 0.717) is 17.8 Å². The molecule has 0 aliphatic carbocycles. The van der Waals surface area contributed by atoms with Gasteiger partial charge in [-0.1, -0.05) is 19.9 Å². The Morgan fingerprint density at radius 1 is 1.36 bits per heavy atom. The Bertz CT molecular complexity index is 921. The van der Waals surface area contributed by atoms with Gasteiger partial charge < -0.3 is 15.8 Å². The predicted molar refractivity (Wildman–Crippen MR) is 107 cm³/mol. The smallest absolute Gasteiger partial charge is 0.353 e. The molecule has 28 heavy (non-hydrogen) atoms. The van der Waals surface area contributed by atoms with Gasteiger partial charge in [-0.05, 0) is 36.8 Å². The maximum absolute atomic E-state index is 14.0. The maximum Gasteiger partial charge on any atom is 0.353 e. The third-order valence-corrected chi connectivity index (χ3v) is 5.01. The van der Waals surface area contributed by atoms with Crippen molar-refractivity contribution in [3.05, 3.63) is 64.1 Å². The number of nitrogen functional groups attached to an aromatic ring is 1. The summed E-state index contributed by atoms with van der Waals surface area (Å²) in [6.07, 6.45) is 2.05. The molecule has 6 nitrogen and oxygen atoms in total. The monoisotopic (exact) mass is 403 g/mol. The molecule has 0 aliphatic rings. The second kappa shape index (κ2) is 8.79. The van der Waals surface area contributed by atoms with Gasteiger partial charge in [0.25, 0.3) is 0 Å². The van der Waals surface area contributed by atoms with Crippen LogP contribution >= 0.6 is 11.3 Å². The number of nitrogens with two attached hydrogens (primary N) is 1. The summed E-state index contributed by atoms with van der Waals surface area (Å²) in [6, 6.07) is 7.03. The number of halogens is 1. The normalized spacial score (nSPS) is 11.0. The molecule has 1 heterocycles. The van der Waals surface area contributed by atoms with Crippen molar-refractivity contribution in [1.82, 2.24) is 5.32 Å². The van der Waals surface area contributed by atoms with Gasteiger partial charge in [-0.2, -0.15) is 0 Å². The van der Waals surface area contributed by atoms with E-state index in [2.05, 4.69) is 11.9 Å². The molecule has 4 N–H and O–H groups in total. The second-order valence-corrected chi connectivity index (χ2v) is 7.94. The number of hydrogen-bond acceptors (Lipinski definition) is 5. The van der Waals surface area contributed by atoms with Crippen molar-refractivity contribution < 1.29 is 18.7 Å². The standard InChI is InChI=1S/C20H22FN3O3S/c1-4-9-24-19(26)20(2,3)11-13-6-8-16(28-13)18(25)27-15-7-5-12(17(22)23)10-14(15)21/h4-8,10H,1,9,11H2,2-3H3,(H3,22,23)(H,24,26). The highest BCUT2D eigenvalue weighted by atomic mass is 32.1. The van der Waals surface area contributed by atoms with Crippen LogP contribution in [-0.2, 0) is 11.2 Å². The van der Waals surface area contributed by atoms with Gasteiger partial charge in [0, 0.05) is 22.4 Å². The van der Waals surface area contributed by atoms with E-state index in [1.807, 2.05) is 13.8 Å². The molecule has 0 fully saturated rings. The maximum atomic E-state index is 14.0. The average Bonchev–Trinajstić information content (AvgIpc) is 3.08. The lowest BCUT2D eigenvalue weighted by molar-refractivity contribution is -0.129. The minimum atomic E-state index is -0.780. The van der Waals surface area contributed by atoms with Crippen LogP contribution in [0.4, 0.5) is 4.39 Å². The minimum Gasteiger partial charge on any atom is -0.419 e. The SMILES string of the molecule is C=CCNC(=O)C(C)(C)Cc1ccc(C(=O)Oc2ccc(C(=N)N)cc2F)s1. The van der Waals surface area contributed by atoms with Crippen LogP contribution < -0.4 is 15.8 Å². The number of thiophene rings is 1. The molecule has 2 rings (SSSR count). The van der Waals surface area contributed by atoms with Gasteiger partial charge in [-0.25, -0.2) is 9.18 Å². The lowest BCUT2D eigenvalue weighted by Gasteiger charge is -2.22. The van der Waals surface area contributed by atoms with Gasteiger partial charge in [-0.15, -0.1) is 17.9 Å². The largest absolute Gasteiger partial charge is 0.419 e. The zero-order valence-electron chi connectivity index (χ0n) is 15.7. The summed E-state index contributed by atoms with van der Waals surface area (Å²) in [5.74, 6) is -2.11. The number of rotatable bonds is 8. The molecule has 0 aliphatic heterocycles. The third-order valence-electron chi connectivity index (χ3n) is 3.95. The molecule has 0 saturated heterocycles. The Kier molecular flexibility index (Phi) is 6.69. The summed E-state index contributed by atoms with van der Waals surface area (Å²) >= 11 is 1.19. The van der Waals surface area contributed by atoms with Gasteiger partial charge in [0.1, 0.15) is 10.7 Å². The van der Waals surface area contributed by atoms with E-state index < -0.39 is 17.2 Å². The van der Waals surface area contributed by atoms with E-state index >= 15 is 0 Å². The van der Waals surface area contributed by atoms with Crippen molar-refractivity contribution in [1.29, 1.82) is 5.41 Å². The van der Waals surface area contributed by atoms with Crippen LogP contribution in [0.25, 0.3) is 0 Å². The fraction of sp³-hybridized carbons (Fsp3) is 0.250. The predicted octanol–water partition coefficient (Wildman–Crippen LogP) is 3.26. The molecule has 1 aromatic carbocycles. The van der Waals surface area contributed by atoms with Crippen molar-refractivity contribution in [2.24, 2.45) is 11.1 Å². The van der Waals surface area contributed by atoms with Crippen molar-refractivity contribution in [2.75, 3.05) is 6.54 Å². The second-order valence-electron chi connectivity index (χ2n) is 6.77. The highest BCUT2D eigenvalue weighted by Gasteiger charge is 2.28. The zero-order chi connectivity index (χ0) is 20.9. The van der Waals surface area contributed by atoms with Crippen LogP contribution in [0.3, 0.4) is 0 Å². The number of nitrogens with one attached hydrogen (secondary N) is 2. The van der Waals surface area contributed by atoms with Crippen LogP contribution in [0.15, 0.2) is 43.0 Å². The van der Waals surface area contributed by atoms with Gasteiger partial charge in [-0.3, -0.25) is 10.2 Å². The molecule has 1 aromatic heterocycles. The summed E-state index contributed by atoms with van der Waals surface area (Å²) < 4.78 is 19.1. The Labute approximate surface area is 166 Å². The molecule has 148 valence electrons. The first-order chi connectivity index (χ1) is 13.1.